The summed E-state index contributed by atoms with van der Waals surface area (Å²) in [5, 5.41) is 2.64. The summed E-state index contributed by atoms with van der Waals surface area (Å²) in [6, 6.07) is 5.35. The van der Waals surface area contributed by atoms with Gasteiger partial charge in [-0.25, -0.2) is 13.1 Å². The normalized spacial score (nSPS) is 13.0. The van der Waals surface area contributed by atoms with Crippen molar-refractivity contribution in [3.05, 3.63) is 24.3 Å². The SMILES string of the molecule is CCCC(N)C(=O)Nc1ccc(S(=O)(=O)NC)cc1. The summed E-state index contributed by atoms with van der Waals surface area (Å²) in [5.41, 5.74) is 6.20. The molecule has 0 saturated heterocycles. The van der Waals surface area contributed by atoms with Crippen molar-refractivity contribution >= 4 is 21.6 Å². The van der Waals surface area contributed by atoms with Crippen molar-refractivity contribution in [3.8, 4) is 0 Å². The van der Waals surface area contributed by atoms with Gasteiger partial charge in [-0.3, -0.25) is 4.79 Å². The molecule has 0 aromatic heterocycles. The molecular formula is C12H19N3O3S. The molecule has 106 valence electrons. The van der Waals surface area contributed by atoms with E-state index in [0.717, 1.165) is 6.42 Å². The number of nitrogens with one attached hydrogen (secondary N) is 2. The van der Waals surface area contributed by atoms with Crippen LogP contribution in [0.2, 0.25) is 0 Å². The third kappa shape index (κ3) is 4.30. The summed E-state index contributed by atoms with van der Waals surface area (Å²) in [5.74, 6) is -0.272. The van der Waals surface area contributed by atoms with E-state index >= 15 is 0 Å². The van der Waals surface area contributed by atoms with Crippen LogP contribution in [0.5, 0.6) is 0 Å². The van der Waals surface area contributed by atoms with Gasteiger partial charge in [0.15, 0.2) is 0 Å². The van der Waals surface area contributed by atoms with E-state index in [1.165, 1.54) is 31.3 Å². The molecule has 0 saturated carbocycles. The van der Waals surface area contributed by atoms with Crippen LogP contribution in [0, 0.1) is 0 Å². The first-order chi connectivity index (χ1) is 8.90. The van der Waals surface area contributed by atoms with Crippen LogP contribution in [0.25, 0.3) is 0 Å². The van der Waals surface area contributed by atoms with Gasteiger partial charge in [0, 0.05) is 5.69 Å². The number of nitrogens with two attached hydrogens (primary N) is 1. The predicted molar refractivity (Wildman–Crippen MR) is 74.2 cm³/mol. The Morgan fingerprint density at radius 3 is 2.37 bits per heavy atom. The van der Waals surface area contributed by atoms with E-state index in [9.17, 15) is 13.2 Å². The third-order valence-corrected chi connectivity index (χ3v) is 4.07. The van der Waals surface area contributed by atoms with Gasteiger partial charge in [0.1, 0.15) is 0 Å². The molecule has 19 heavy (non-hydrogen) atoms. The Morgan fingerprint density at radius 1 is 1.32 bits per heavy atom. The van der Waals surface area contributed by atoms with Crippen LogP contribution >= 0.6 is 0 Å². The largest absolute Gasteiger partial charge is 0.325 e. The van der Waals surface area contributed by atoms with E-state index < -0.39 is 16.1 Å². The van der Waals surface area contributed by atoms with Gasteiger partial charge in [0.05, 0.1) is 10.9 Å². The minimum absolute atomic E-state index is 0.144. The molecule has 1 aromatic carbocycles. The van der Waals surface area contributed by atoms with Crippen LogP contribution in [0.3, 0.4) is 0 Å². The number of hydrogen-bond donors (Lipinski definition) is 3. The van der Waals surface area contributed by atoms with Crippen LogP contribution in [0.1, 0.15) is 19.8 Å². The Balaban J connectivity index is 2.75. The molecular weight excluding hydrogens is 266 g/mol. The standard InChI is InChI=1S/C12H19N3O3S/c1-3-4-11(13)12(16)15-9-5-7-10(8-6-9)19(17,18)14-2/h5-8,11,14H,3-4,13H2,1-2H3,(H,15,16). The molecule has 0 aliphatic heterocycles. The highest BCUT2D eigenvalue weighted by molar-refractivity contribution is 7.89. The maximum atomic E-state index is 11.7. The molecule has 6 nitrogen and oxygen atoms in total. The lowest BCUT2D eigenvalue weighted by molar-refractivity contribution is -0.117. The van der Waals surface area contributed by atoms with E-state index in [-0.39, 0.29) is 10.8 Å². The second kappa shape index (κ2) is 6.65. The zero-order valence-electron chi connectivity index (χ0n) is 11.0. The van der Waals surface area contributed by atoms with Gasteiger partial charge in [-0.1, -0.05) is 13.3 Å². The molecule has 1 unspecified atom stereocenters. The number of anilines is 1. The fraction of sp³-hybridized carbons (Fsp3) is 0.417. The lowest BCUT2D eigenvalue weighted by Crippen LogP contribution is -2.35. The van der Waals surface area contributed by atoms with E-state index in [1.807, 2.05) is 6.92 Å². The van der Waals surface area contributed by atoms with Gasteiger partial charge in [-0.05, 0) is 37.7 Å². The van der Waals surface area contributed by atoms with Gasteiger partial charge in [-0.15, -0.1) is 0 Å². The summed E-state index contributed by atoms with van der Waals surface area (Å²) in [7, 11) is -2.11. The molecule has 0 heterocycles. The molecule has 1 aromatic rings. The average Bonchev–Trinajstić information content (AvgIpc) is 2.39. The first-order valence-corrected chi connectivity index (χ1v) is 7.49. The van der Waals surface area contributed by atoms with E-state index in [0.29, 0.717) is 12.1 Å². The van der Waals surface area contributed by atoms with Crippen LogP contribution in [-0.4, -0.2) is 27.4 Å². The van der Waals surface area contributed by atoms with Crippen LogP contribution in [-0.2, 0) is 14.8 Å². The smallest absolute Gasteiger partial charge is 0.241 e. The molecule has 0 spiro atoms. The number of carbonyl (C=O) groups is 1. The van der Waals surface area contributed by atoms with Crippen molar-refractivity contribution in [2.75, 3.05) is 12.4 Å². The highest BCUT2D eigenvalue weighted by Gasteiger charge is 2.14. The van der Waals surface area contributed by atoms with Crippen LogP contribution in [0.4, 0.5) is 5.69 Å². The topological polar surface area (TPSA) is 101 Å². The Labute approximate surface area is 113 Å². The summed E-state index contributed by atoms with van der Waals surface area (Å²) >= 11 is 0. The fourth-order valence-electron chi connectivity index (χ4n) is 1.51. The van der Waals surface area contributed by atoms with Gasteiger partial charge in [0.25, 0.3) is 0 Å². The fourth-order valence-corrected chi connectivity index (χ4v) is 2.24. The maximum Gasteiger partial charge on any atom is 0.241 e. The summed E-state index contributed by atoms with van der Waals surface area (Å²) in [4.78, 5) is 11.8. The van der Waals surface area contributed by atoms with Crippen molar-refractivity contribution in [1.29, 1.82) is 0 Å². The Kier molecular flexibility index (Phi) is 5.46. The molecule has 0 aliphatic carbocycles. The first-order valence-electron chi connectivity index (χ1n) is 6.00. The molecule has 1 atom stereocenters. The summed E-state index contributed by atoms with van der Waals surface area (Å²) in [6.45, 7) is 1.95. The number of sulfonamides is 1. The Bertz CT molecular complexity index is 526. The summed E-state index contributed by atoms with van der Waals surface area (Å²) in [6.07, 6.45) is 1.44. The Morgan fingerprint density at radius 2 is 1.89 bits per heavy atom. The maximum absolute atomic E-state index is 11.7. The third-order valence-electron chi connectivity index (χ3n) is 2.64. The molecule has 1 amide bonds. The van der Waals surface area contributed by atoms with Crippen molar-refractivity contribution < 1.29 is 13.2 Å². The lowest BCUT2D eigenvalue weighted by atomic mass is 10.1. The summed E-state index contributed by atoms with van der Waals surface area (Å²) < 4.78 is 25.2. The first kappa shape index (κ1) is 15.6. The Hall–Kier alpha value is -1.44. The van der Waals surface area contributed by atoms with Crippen molar-refractivity contribution in [3.63, 3.8) is 0 Å². The average molecular weight is 285 g/mol. The van der Waals surface area contributed by atoms with Gasteiger partial charge < -0.3 is 11.1 Å². The molecule has 0 bridgehead atoms. The highest BCUT2D eigenvalue weighted by Crippen LogP contribution is 2.14. The molecule has 0 radical (unpaired) electrons. The molecule has 7 heteroatoms. The van der Waals surface area contributed by atoms with Crippen molar-refractivity contribution in [2.45, 2.75) is 30.7 Å². The molecule has 0 aliphatic rings. The predicted octanol–water partition coefficient (Wildman–Crippen LogP) is 0.661. The second-order valence-electron chi connectivity index (χ2n) is 4.12. The van der Waals surface area contributed by atoms with Gasteiger partial charge in [0.2, 0.25) is 15.9 Å². The minimum Gasteiger partial charge on any atom is -0.325 e. The highest BCUT2D eigenvalue weighted by atomic mass is 32.2. The zero-order valence-corrected chi connectivity index (χ0v) is 11.8. The lowest BCUT2D eigenvalue weighted by Gasteiger charge is -2.11. The van der Waals surface area contributed by atoms with Crippen molar-refractivity contribution in [1.82, 2.24) is 4.72 Å². The quantitative estimate of drug-likeness (QED) is 0.714. The second-order valence-corrected chi connectivity index (χ2v) is 6.00. The number of amides is 1. The van der Waals surface area contributed by atoms with Gasteiger partial charge in [-0.2, -0.15) is 0 Å². The van der Waals surface area contributed by atoms with E-state index in [1.54, 1.807) is 0 Å². The minimum atomic E-state index is -3.46. The number of carbonyl (C=O) groups excluding carboxylic acids is 1. The van der Waals surface area contributed by atoms with Crippen molar-refractivity contribution in [2.24, 2.45) is 5.73 Å². The van der Waals surface area contributed by atoms with E-state index in [2.05, 4.69) is 10.0 Å². The van der Waals surface area contributed by atoms with Crippen LogP contribution < -0.4 is 15.8 Å². The van der Waals surface area contributed by atoms with Gasteiger partial charge >= 0.3 is 0 Å². The molecule has 1 rings (SSSR count). The van der Waals surface area contributed by atoms with E-state index in [4.69, 9.17) is 5.73 Å². The molecule has 0 fully saturated rings. The number of benzene rings is 1. The van der Waals surface area contributed by atoms with Crippen LogP contribution in [0.15, 0.2) is 29.2 Å². The number of hydrogen-bond acceptors (Lipinski definition) is 4. The monoisotopic (exact) mass is 285 g/mol. The molecule has 4 N–H and O–H groups in total. The number of rotatable bonds is 6. The zero-order chi connectivity index (χ0) is 14.5.